The van der Waals surface area contributed by atoms with Gasteiger partial charge < -0.3 is 25.6 Å². The average molecular weight is 725 g/mol. The molecule has 300 valence electrons. The summed E-state index contributed by atoms with van der Waals surface area (Å²) in [6.07, 6.45) is 37.0. The van der Waals surface area contributed by atoms with E-state index in [1.807, 2.05) is 0 Å². The fraction of sp³-hybridized carbons (Fsp3) is 0.905. The van der Waals surface area contributed by atoms with Crippen LogP contribution in [0, 0.1) is 0 Å². The zero-order valence-corrected chi connectivity index (χ0v) is 33.1. The van der Waals surface area contributed by atoms with Crippen LogP contribution in [-0.2, 0) is 23.9 Å². The number of carbonyl (C=O) groups excluding carboxylic acids is 3. The van der Waals surface area contributed by atoms with Crippen LogP contribution in [0.25, 0.3) is 0 Å². The molecule has 51 heavy (non-hydrogen) atoms. The van der Waals surface area contributed by atoms with Crippen LogP contribution in [0.2, 0.25) is 0 Å². The Labute approximate surface area is 312 Å². The van der Waals surface area contributed by atoms with Crippen molar-refractivity contribution in [2.45, 2.75) is 231 Å². The first kappa shape index (κ1) is 48.8. The molecular weight excluding hydrogens is 644 g/mol. The standard InChI is InChI=1S/C42H80N2O7/c1-3-5-7-9-11-13-14-15-16-17-18-19-20-23-27-31-37(51-41(48)34-30-26-21-12-10-8-6-4-2)32-28-24-22-25-29-33-39(46)43-35-40(47)44-38(36-45)42(49)50/h37-38,45H,3-36H2,1-2H3,(H,43,46)(H,44,47)(H,49,50). The summed E-state index contributed by atoms with van der Waals surface area (Å²) in [5.41, 5.74) is 0. The van der Waals surface area contributed by atoms with E-state index >= 15 is 0 Å². The molecule has 0 aromatic rings. The molecule has 0 aliphatic heterocycles. The number of carbonyl (C=O) groups is 4. The number of amides is 2. The van der Waals surface area contributed by atoms with Crippen LogP contribution in [0.15, 0.2) is 0 Å². The van der Waals surface area contributed by atoms with E-state index in [1.54, 1.807) is 0 Å². The summed E-state index contributed by atoms with van der Waals surface area (Å²) >= 11 is 0. The molecule has 2 atom stereocenters. The summed E-state index contributed by atoms with van der Waals surface area (Å²) in [5.74, 6) is -2.28. The molecule has 0 aromatic carbocycles. The van der Waals surface area contributed by atoms with Crippen molar-refractivity contribution in [1.82, 2.24) is 10.6 Å². The lowest BCUT2D eigenvalue weighted by atomic mass is 10.0. The van der Waals surface area contributed by atoms with Crippen molar-refractivity contribution in [2.24, 2.45) is 0 Å². The predicted molar refractivity (Wildman–Crippen MR) is 209 cm³/mol. The van der Waals surface area contributed by atoms with Crippen LogP contribution in [0.3, 0.4) is 0 Å². The monoisotopic (exact) mass is 725 g/mol. The SMILES string of the molecule is CCCCCCCCCCCCCCCCCC(CCCCCCCC(=O)NCC(=O)NC(CO)C(=O)O)OC(=O)CCCCCCCCCC. The Hall–Kier alpha value is -2.16. The second-order valence-electron chi connectivity index (χ2n) is 14.8. The van der Waals surface area contributed by atoms with Crippen molar-refractivity contribution >= 4 is 23.8 Å². The van der Waals surface area contributed by atoms with Crippen LogP contribution in [-0.4, -0.2) is 59.3 Å². The summed E-state index contributed by atoms with van der Waals surface area (Å²) in [5, 5.41) is 22.5. The lowest BCUT2D eigenvalue weighted by Gasteiger charge is -2.18. The second kappa shape index (κ2) is 37.6. The number of aliphatic hydroxyl groups excluding tert-OH is 1. The molecule has 0 bridgehead atoms. The van der Waals surface area contributed by atoms with E-state index in [4.69, 9.17) is 14.9 Å². The molecular formula is C42H80N2O7. The van der Waals surface area contributed by atoms with Crippen molar-refractivity contribution in [3.05, 3.63) is 0 Å². The molecule has 0 heterocycles. The summed E-state index contributed by atoms with van der Waals surface area (Å²) < 4.78 is 6.01. The number of aliphatic hydroxyl groups is 1. The smallest absolute Gasteiger partial charge is 0.328 e. The maximum absolute atomic E-state index is 12.7. The molecule has 9 heteroatoms. The van der Waals surface area contributed by atoms with Gasteiger partial charge in [-0.3, -0.25) is 14.4 Å². The zero-order valence-electron chi connectivity index (χ0n) is 33.1. The van der Waals surface area contributed by atoms with Crippen molar-refractivity contribution in [3.8, 4) is 0 Å². The number of hydrogen-bond acceptors (Lipinski definition) is 6. The Balaban J connectivity index is 4.23. The molecule has 9 nitrogen and oxygen atoms in total. The Morgan fingerprint density at radius 3 is 1.27 bits per heavy atom. The lowest BCUT2D eigenvalue weighted by molar-refractivity contribution is -0.150. The molecule has 2 amide bonds. The highest BCUT2D eigenvalue weighted by molar-refractivity contribution is 5.87. The number of carboxylic acids is 1. The third-order valence-corrected chi connectivity index (χ3v) is 9.85. The predicted octanol–water partition coefficient (Wildman–Crippen LogP) is 10.1. The van der Waals surface area contributed by atoms with Gasteiger partial charge >= 0.3 is 11.9 Å². The second-order valence-corrected chi connectivity index (χ2v) is 14.8. The van der Waals surface area contributed by atoms with Gasteiger partial charge in [0, 0.05) is 12.8 Å². The van der Waals surface area contributed by atoms with Crippen molar-refractivity contribution in [1.29, 1.82) is 0 Å². The first-order chi connectivity index (χ1) is 24.8. The highest BCUT2D eigenvalue weighted by atomic mass is 16.5. The number of rotatable bonds is 39. The molecule has 0 saturated heterocycles. The minimum absolute atomic E-state index is 0.00278. The van der Waals surface area contributed by atoms with Gasteiger partial charge in [-0.15, -0.1) is 0 Å². The third-order valence-electron chi connectivity index (χ3n) is 9.85. The summed E-state index contributed by atoms with van der Waals surface area (Å²) in [6, 6.07) is -1.38. The van der Waals surface area contributed by atoms with Gasteiger partial charge in [0.2, 0.25) is 11.8 Å². The van der Waals surface area contributed by atoms with E-state index in [1.165, 1.54) is 128 Å². The average Bonchev–Trinajstić information content (AvgIpc) is 3.11. The fourth-order valence-corrected chi connectivity index (χ4v) is 6.54. The molecule has 0 saturated carbocycles. The first-order valence-corrected chi connectivity index (χ1v) is 21.4. The third kappa shape index (κ3) is 34.7. The Kier molecular flexibility index (Phi) is 36.0. The first-order valence-electron chi connectivity index (χ1n) is 21.4. The summed E-state index contributed by atoms with van der Waals surface area (Å²) in [4.78, 5) is 47.4. The van der Waals surface area contributed by atoms with Crippen LogP contribution in [0.1, 0.15) is 219 Å². The number of unbranched alkanes of at least 4 members (excludes halogenated alkanes) is 25. The Morgan fingerprint density at radius 1 is 0.510 bits per heavy atom. The summed E-state index contributed by atoms with van der Waals surface area (Å²) in [6.45, 7) is 3.48. The van der Waals surface area contributed by atoms with Gasteiger partial charge in [0.25, 0.3) is 0 Å². The van der Waals surface area contributed by atoms with Crippen molar-refractivity contribution in [2.75, 3.05) is 13.2 Å². The van der Waals surface area contributed by atoms with Crippen molar-refractivity contribution in [3.63, 3.8) is 0 Å². The van der Waals surface area contributed by atoms with Gasteiger partial charge in [-0.2, -0.15) is 0 Å². The fourth-order valence-electron chi connectivity index (χ4n) is 6.54. The molecule has 0 aliphatic rings. The van der Waals surface area contributed by atoms with E-state index in [-0.39, 0.29) is 24.5 Å². The molecule has 0 aliphatic carbocycles. The van der Waals surface area contributed by atoms with Crippen LogP contribution >= 0.6 is 0 Å². The normalized spacial score (nSPS) is 12.4. The minimum atomic E-state index is -1.38. The Bertz CT molecular complexity index is 838. The molecule has 2 unspecified atom stereocenters. The van der Waals surface area contributed by atoms with E-state index in [9.17, 15) is 19.2 Å². The highest BCUT2D eigenvalue weighted by Gasteiger charge is 2.19. The lowest BCUT2D eigenvalue weighted by Crippen LogP contribution is -2.47. The van der Waals surface area contributed by atoms with Crippen molar-refractivity contribution < 1.29 is 34.1 Å². The van der Waals surface area contributed by atoms with Crippen LogP contribution in [0.4, 0.5) is 0 Å². The number of carboxylic acid groups (broad SMARTS) is 1. The van der Waals surface area contributed by atoms with E-state index in [0.717, 1.165) is 57.8 Å². The largest absolute Gasteiger partial charge is 0.480 e. The maximum Gasteiger partial charge on any atom is 0.328 e. The van der Waals surface area contributed by atoms with Gasteiger partial charge in [0.1, 0.15) is 12.1 Å². The zero-order chi connectivity index (χ0) is 37.6. The van der Waals surface area contributed by atoms with Gasteiger partial charge in [0.05, 0.1) is 13.2 Å². The molecule has 0 spiro atoms. The Morgan fingerprint density at radius 2 is 0.882 bits per heavy atom. The number of esters is 1. The number of nitrogens with one attached hydrogen (secondary N) is 2. The van der Waals surface area contributed by atoms with Gasteiger partial charge in [-0.1, -0.05) is 168 Å². The maximum atomic E-state index is 12.7. The van der Waals surface area contributed by atoms with Gasteiger partial charge in [-0.25, -0.2) is 4.79 Å². The molecule has 0 rings (SSSR count). The quantitative estimate of drug-likeness (QED) is 0.0365. The molecule has 0 radical (unpaired) electrons. The highest BCUT2D eigenvalue weighted by Crippen LogP contribution is 2.19. The number of ether oxygens (including phenoxy) is 1. The molecule has 0 fully saturated rings. The summed E-state index contributed by atoms with van der Waals surface area (Å²) in [7, 11) is 0. The van der Waals surface area contributed by atoms with Gasteiger partial charge in [-0.05, 0) is 38.5 Å². The topological polar surface area (TPSA) is 142 Å². The van der Waals surface area contributed by atoms with Gasteiger partial charge in [0.15, 0.2) is 0 Å². The van der Waals surface area contributed by atoms with Crippen LogP contribution < -0.4 is 10.6 Å². The molecule has 4 N–H and O–H groups in total. The van der Waals surface area contributed by atoms with E-state index in [0.29, 0.717) is 19.3 Å². The molecule has 0 aromatic heterocycles. The van der Waals surface area contributed by atoms with E-state index in [2.05, 4.69) is 24.5 Å². The number of hydrogen-bond donors (Lipinski definition) is 4. The van der Waals surface area contributed by atoms with E-state index < -0.39 is 24.5 Å². The van der Waals surface area contributed by atoms with Crippen LogP contribution in [0.5, 0.6) is 0 Å². The minimum Gasteiger partial charge on any atom is -0.480 e. The number of aliphatic carboxylic acids is 1.